The minimum Gasteiger partial charge on any atom is -0.484 e. The highest BCUT2D eigenvalue weighted by atomic mass is 19.1. The van der Waals surface area contributed by atoms with Crippen LogP contribution in [0.15, 0.2) is 48.5 Å². The molecule has 0 saturated heterocycles. The zero-order valence-corrected chi connectivity index (χ0v) is 12.5. The lowest BCUT2D eigenvalue weighted by atomic mass is 10.2. The largest absolute Gasteiger partial charge is 0.484 e. The van der Waals surface area contributed by atoms with Crippen LogP contribution in [0, 0.1) is 5.82 Å². The maximum Gasteiger partial charge on any atom is 0.338 e. The SMILES string of the molecule is CCOC(=O)c1cccc(OCC(=O)Nc2ccc(F)cc2)c1. The molecule has 2 aromatic carbocycles. The van der Waals surface area contributed by atoms with Crippen molar-refractivity contribution < 1.29 is 23.5 Å². The number of anilines is 1. The van der Waals surface area contributed by atoms with E-state index in [0.29, 0.717) is 17.0 Å². The molecule has 6 heteroatoms. The average molecular weight is 317 g/mol. The summed E-state index contributed by atoms with van der Waals surface area (Å²) in [6.45, 7) is 1.77. The molecule has 0 saturated carbocycles. The minimum atomic E-state index is -0.450. The second-order valence-electron chi connectivity index (χ2n) is 4.59. The van der Waals surface area contributed by atoms with Crippen molar-refractivity contribution in [1.82, 2.24) is 0 Å². The third-order valence-corrected chi connectivity index (χ3v) is 2.84. The molecule has 120 valence electrons. The Bertz CT molecular complexity index is 685. The van der Waals surface area contributed by atoms with Gasteiger partial charge in [-0.2, -0.15) is 0 Å². The van der Waals surface area contributed by atoms with Crippen LogP contribution in [0.3, 0.4) is 0 Å². The fourth-order valence-corrected chi connectivity index (χ4v) is 1.81. The molecular weight excluding hydrogens is 301 g/mol. The number of carbonyl (C=O) groups is 2. The normalized spacial score (nSPS) is 10.0. The number of nitrogens with one attached hydrogen (secondary N) is 1. The Kier molecular flexibility index (Phi) is 5.68. The van der Waals surface area contributed by atoms with Crippen molar-refractivity contribution >= 4 is 17.6 Å². The van der Waals surface area contributed by atoms with Crippen molar-refractivity contribution in [1.29, 1.82) is 0 Å². The van der Waals surface area contributed by atoms with Gasteiger partial charge in [-0.3, -0.25) is 4.79 Å². The molecule has 0 heterocycles. The molecule has 0 fully saturated rings. The van der Waals surface area contributed by atoms with Gasteiger partial charge >= 0.3 is 5.97 Å². The van der Waals surface area contributed by atoms with Crippen LogP contribution in [0.5, 0.6) is 5.75 Å². The molecule has 0 unspecified atom stereocenters. The Morgan fingerprint density at radius 2 is 1.87 bits per heavy atom. The van der Waals surface area contributed by atoms with Crippen LogP contribution >= 0.6 is 0 Å². The fraction of sp³-hybridized carbons (Fsp3) is 0.176. The van der Waals surface area contributed by atoms with E-state index in [2.05, 4.69) is 5.32 Å². The van der Waals surface area contributed by atoms with E-state index in [0.717, 1.165) is 0 Å². The zero-order valence-electron chi connectivity index (χ0n) is 12.5. The number of benzene rings is 2. The Labute approximate surface area is 133 Å². The Hall–Kier alpha value is -2.89. The number of hydrogen-bond acceptors (Lipinski definition) is 4. The molecular formula is C17H16FNO4. The fourth-order valence-electron chi connectivity index (χ4n) is 1.81. The number of carbonyl (C=O) groups excluding carboxylic acids is 2. The Morgan fingerprint density at radius 1 is 1.13 bits per heavy atom. The topological polar surface area (TPSA) is 64.6 Å². The summed E-state index contributed by atoms with van der Waals surface area (Å²) >= 11 is 0. The molecule has 1 amide bonds. The summed E-state index contributed by atoms with van der Waals surface area (Å²) in [6.07, 6.45) is 0. The lowest BCUT2D eigenvalue weighted by Crippen LogP contribution is -2.20. The van der Waals surface area contributed by atoms with Crippen molar-refractivity contribution in [2.45, 2.75) is 6.92 Å². The molecule has 0 atom stereocenters. The highest BCUT2D eigenvalue weighted by Crippen LogP contribution is 2.14. The minimum absolute atomic E-state index is 0.232. The van der Waals surface area contributed by atoms with E-state index in [1.54, 1.807) is 25.1 Å². The molecule has 1 N–H and O–H groups in total. The number of hydrogen-bond donors (Lipinski definition) is 1. The lowest BCUT2D eigenvalue weighted by molar-refractivity contribution is -0.118. The first-order valence-corrected chi connectivity index (χ1v) is 7.04. The molecule has 0 aliphatic heterocycles. The summed E-state index contributed by atoms with van der Waals surface area (Å²) in [6, 6.07) is 11.8. The van der Waals surface area contributed by atoms with Gasteiger partial charge in [0.1, 0.15) is 11.6 Å². The van der Waals surface area contributed by atoms with Gasteiger partial charge in [0.25, 0.3) is 5.91 Å². The van der Waals surface area contributed by atoms with E-state index in [1.807, 2.05) is 0 Å². The van der Waals surface area contributed by atoms with Crippen LogP contribution in [0.1, 0.15) is 17.3 Å². The predicted octanol–water partition coefficient (Wildman–Crippen LogP) is 3.02. The first kappa shape index (κ1) is 16.5. The van der Waals surface area contributed by atoms with Crippen LogP contribution in [0.25, 0.3) is 0 Å². The second-order valence-corrected chi connectivity index (χ2v) is 4.59. The molecule has 2 rings (SSSR count). The van der Waals surface area contributed by atoms with Crippen LogP contribution in [-0.4, -0.2) is 25.1 Å². The van der Waals surface area contributed by atoms with Crippen LogP contribution in [0.4, 0.5) is 10.1 Å². The highest BCUT2D eigenvalue weighted by Gasteiger charge is 2.09. The maximum atomic E-state index is 12.8. The van der Waals surface area contributed by atoms with Gasteiger partial charge < -0.3 is 14.8 Å². The van der Waals surface area contributed by atoms with Crippen molar-refractivity contribution in [2.24, 2.45) is 0 Å². The number of rotatable bonds is 6. The molecule has 0 aliphatic rings. The molecule has 0 spiro atoms. The van der Waals surface area contributed by atoms with Crippen LogP contribution in [0.2, 0.25) is 0 Å². The first-order valence-electron chi connectivity index (χ1n) is 7.04. The van der Waals surface area contributed by atoms with Gasteiger partial charge in [0.15, 0.2) is 6.61 Å². The molecule has 0 radical (unpaired) electrons. The molecule has 0 aliphatic carbocycles. The van der Waals surface area contributed by atoms with Gasteiger partial charge in [0.05, 0.1) is 12.2 Å². The summed E-state index contributed by atoms with van der Waals surface area (Å²) in [4.78, 5) is 23.4. The van der Waals surface area contributed by atoms with E-state index in [-0.39, 0.29) is 19.0 Å². The smallest absolute Gasteiger partial charge is 0.338 e. The van der Waals surface area contributed by atoms with Gasteiger partial charge in [-0.1, -0.05) is 6.07 Å². The summed E-state index contributed by atoms with van der Waals surface area (Å²) < 4.78 is 23.0. The van der Waals surface area contributed by atoms with Gasteiger partial charge in [-0.25, -0.2) is 9.18 Å². The summed E-state index contributed by atoms with van der Waals surface area (Å²) in [5, 5.41) is 2.57. The highest BCUT2D eigenvalue weighted by molar-refractivity contribution is 5.92. The maximum absolute atomic E-state index is 12.8. The van der Waals surface area contributed by atoms with Crippen LogP contribution < -0.4 is 10.1 Å². The average Bonchev–Trinajstić information content (AvgIpc) is 2.56. The van der Waals surface area contributed by atoms with Gasteiger partial charge in [-0.15, -0.1) is 0 Å². The molecule has 0 bridgehead atoms. The third kappa shape index (κ3) is 5.10. The summed E-state index contributed by atoms with van der Waals surface area (Å²) in [5.41, 5.74) is 0.823. The molecule has 23 heavy (non-hydrogen) atoms. The number of esters is 1. The van der Waals surface area contributed by atoms with Gasteiger partial charge in [0, 0.05) is 5.69 Å². The molecule has 0 aromatic heterocycles. The number of ether oxygens (including phenoxy) is 2. The zero-order chi connectivity index (χ0) is 16.7. The summed E-state index contributed by atoms with van der Waals surface area (Å²) in [7, 11) is 0. The summed E-state index contributed by atoms with van der Waals surface area (Å²) in [5.74, 6) is -0.841. The first-order chi connectivity index (χ1) is 11.1. The van der Waals surface area contributed by atoms with Crippen molar-refractivity contribution in [3.8, 4) is 5.75 Å². The van der Waals surface area contributed by atoms with Gasteiger partial charge in [0.2, 0.25) is 0 Å². The number of amides is 1. The molecule has 5 nitrogen and oxygen atoms in total. The second kappa shape index (κ2) is 7.93. The van der Waals surface area contributed by atoms with Crippen molar-refractivity contribution in [2.75, 3.05) is 18.5 Å². The van der Waals surface area contributed by atoms with E-state index in [1.165, 1.54) is 30.3 Å². The van der Waals surface area contributed by atoms with E-state index >= 15 is 0 Å². The van der Waals surface area contributed by atoms with E-state index in [9.17, 15) is 14.0 Å². The van der Waals surface area contributed by atoms with Crippen LogP contribution in [-0.2, 0) is 9.53 Å². The number of halogens is 1. The lowest BCUT2D eigenvalue weighted by Gasteiger charge is -2.08. The Morgan fingerprint density at radius 3 is 2.57 bits per heavy atom. The van der Waals surface area contributed by atoms with E-state index < -0.39 is 11.9 Å². The van der Waals surface area contributed by atoms with Crippen molar-refractivity contribution in [3.05, 3.63) is 59.9 Å². The monoisotopic (exact) mass is 317 g/mol. The Balaban J connectivity index is 1.90. The predicted molar refractivity (Wildman–Crippen MR) is 82.9 cm³/mol. The quantitative estimate of drug-likeness (QED) is 0.832. The standard InChI is InChI=1S/C17H16FNO4/c1-2-22-17(21)12-4-3-5-15(10-12)23-11-16(20)19-14-8-6-13(18)7-9-14/h3-10H,2,11H2,1H3,(H,19,20). The molecule has 2 aromatic rings. The van der Waals surface area contributed by atoms with E-state index in [4.69, 9.17) is 9.47 Å². The third-order valence-electron chi connectivity index (χ3n) is 2.84. The van der Waals surface area contributed by atoms with Gasteiger partial charge in [-0.05, 0) is 49.4 Å². The van der Waals surface area contributed by atoms with Crippen molar-refractivity contribution in [3.63, 3.8) is 0 Å².